The van der Waals surface area contributed by atoms with Crippen molar-refractivity contribution >= 4 is 28.5 Å². The molecule has 2 aromatic carbocycles. The fourth-order valence-corrected chi connectivity index (χ4v) is 4.86. The maximum atomic E-state index is 13.1. The molecule has 8 nitrogen and oxygen atoms in total. The van der Waals surface area contributed by atoms with Gasteiger partial charge in [0.25, 0.3) is 5.56 Å². The SMILES string of the molecule is O=C1Cc2ccccc2CC1n1c(=O)ccc2cnc(Nc3ccc(OC4CCNC4)cc3)nc21. The van der Waals surface area contributed by atoms with E-state index in [0.29, 0.717) is 29.8 Å². The van der Waals surface area contributed by atoms with E-state index in [9.17, 15) is 9.59 Å². The van der Waals surface area contributed by atoms with Crippen LogP contribution in [0.4, 0.5) is 11.6 Å². The van der Waals surface area contributed by atoms with E-state index < -0.39 is 6.04 Å². The zero-order valence-corrected chi connectivity index (χ0v) is 19.1. The van der Waals surface area contributed by atoms with Crippen molar-refractivity contribution in [3.05, 3.63) is 88.3 Å². The number of benzene rings is 2. The third-order valence-electron chi connectivity index (χ3n) is 6.67. The molecule has 0 radical (unpaired) electrons. The number of hydrogen-bond donors (Lipinski definition) is 2. The van der Waals surface area contributed by atoms with Gasteiger partial charge in [0.15, 0.2) is 5.78 Å². The van der Waals surface area contributed by atoms with E-state index in [0.717, 1.165) is 42.1 Å². The van der Waals surface area contributed by atoms with Crippen LogP contribution < -0.4 is 20.9 Å². The fourth-order valence-electron chi connectivity index (χ4n) is 4.86. The van der Waals surface area contributed by atoms with Gasteiger partial charge in [0.05, 0.1) is 0 Å². The number of hydrogen-bond acceptors (Lipinski definition) is 7. The predicted molar refractivity (Wildman–Crippen MR) is 133 cm³/mol. The molecule has 6 rings (SSSR count). The van der Waals surface area contributed by atoms with Crippen LogP contribution in [0.15, 0.2) is 71.7 Å². The van der Waals surface area contributed by atoms with Crippen LogP contribution in [0.1, 0.15) is 23.6 Å². The van der Waals surface area contributed by atoms with Crippen LogP contribution in [-0.2, 0) is 17.6 Å². The normalized spacial score (nSPS) is 19.5. The molecule has 0 saturated carbocycles. The third kappa shape index (κ3) is 4.28. The highest BCUT2D eigenvalue weighted by atomic mass is 16.5. The van der Waals surface area contributed by atoms with Gasteiger partial charge in [0.2, 0.25) is 5.95 Å². The molecule has 1 fully saturated rings. The number of Topliss-reactive ketones (excluding diaryl/α,β-unsaturated/α-hetero) is 1. The van der Waals surface area contributed by atoms with E-state index >= 15 is 0 Å². The van der Waals surface area contributed by atoms with E-state index in [2.05, 4.69) is 20.6 Å². The van der Waals surface area contributed by atoms with Crippen LogP contribution in [0, 0.1) is 0 Å². The van der Waals surface area contributed by atoms with Crippen LogP contribution in [0.25, 0.3) is 11.0 Å². The summed E-state index contributed by atoms with van der Waals surface area (Å²) in [6.45, 7) is 1.84. The molecular weight excluding hydrogens is 442 g/mol. The first-order valence-electron chi connectivity index (χ1n) is 11.9. The van der Waals surface area contributed by atoms with Crippen molar-refractivity contribution in [1.29, 1.82) is 0 Å². The number of carbonyl (C=O) groups excluding carboxylic acids is 1. The number of anilines is 2. The molecule has 8 heteroatoms. The average Bonchev–Trinajstić information content (AvgIpc) is 3.38. The zero-order valence-electron chi connectivity index (χ0n) is 19.1. The lowest BCUT2D eigenvalue weighted by Gasteiger charge is -2.26. The lowest BCUT2D eigenvalue weighted by Crippen LogP contribution is -2.35. The van der Waals surface area contributed by atoms with E-state index in [-0.39, 0.29) is 17.4 Å². The van der Waals surface area contributed by atoms with Gasteiger partial charge in [-0.15, -0.1) is 0 Å². The number of pyridine rings is 1. The summed E-state index contributed by atoms with van der Waals surface area (Å²) in [6, 6.07) is 18.1. The number of ketones is 1. The van der Waals surface area contributed by atoms with Gasteiger partial charge in [-0.25, -0.2) is 4.98 Å². The molecule has 2 aliphatic rings. The first-order chi connectivity index (χ1) is 17.1. The average molecular weight is 468 g/mol. The highest BCUT2D eigenvalue weighted by Crippen LogP contribution is 2.28. The Morgan fingerprint density at radius 3 is 2.63 bits per heavy atom. The molecule has 176 valence electrons. The molecule has 4 aromatic rings. The summed E-state index contributed by atoms with van der Waals surface area (Å²) in [6.07, 6.45) is 3.65. The summed E-state index contributed by atoms with van der Waals surface area (Å²) in [5.74, 6) is 1.18. The molecule has 0 bridgehead atoms. The summed E-state index contributed by atoms with van der Waals surface area (Å²) in [5, 5.41) is 7.20. The van der Waals surface area contributed by atoms with E-state index in [4.69, 9.17) is 4.74 Å². The summed E-state index contributed by atoms with van der Waals surface area (Å²) in [4.78, 5) is 35.1. The van der Waals surface area contributed by atoms with Crippen molar-refractivity contribution < 1.29 is 9.53 Å². The Kier molecular flexibility index (Phi) is 5.50. The fraction of sp³-hybridized carbons (Fsp3) is 0.259. The van der Waals surface area contributed by atoms with Crippen molar-refractivity contribution in [2.75, 3.05) is 18.4 Å². The maximum absolute atomic E-state index is 13.1. The number of ether oxygens (including phenoxy) is 1. The van der Waals surface area contributed by atoms with Gasteiger partial charge in [-0.1, -0.05) is 24.3 Å². The van der Waals surface area contributed by atoms with Crippen LogP contribution in [-0.4, -0.2) is 39.5 Å². The quantitative estimate of drug-likeness (QED) is 0.465. The zero-order chi connectivity index (χ0) is 23.8. The topological polar surface area (TPSA) is 98.1 Å². The minimum absolute atomic E-state index is 0.0134. The van der Waals surface area contributed by atoms with Gasteiger partial charge in [-0.2, -0.15) is 4.98 Å². The molecule has 2 atom stereocenters. The van der Waals surface area contributed by atoms with Crippen LogP contribution in [0.3, 0.4) is 0 Å². The van der Waals surface area contributed by atoms with Gasteiger partial charge < -0.3 is 15.4 Å². The van der Waals surface area contributed by atoms with Crippen molar-refractivity contribution in [1.82, 2.24) is 19.9 Å². The largest absolute Gasteiger partial charge is 0.489 e. The number of nitrogens with one attached hydrogen (secondary N) is 2. The molecule has 1 saturated heterocycles. The lowest BCUT2D eigenvalue weighted by molar-refractivity contribution is -0.122. The number of aromatic nitrogens is 3. The Morgan fingerprint density at radius 1 is 1.00 bits per heavy atom. The first kappa shape index (κ1) is 21.5. The monoisotopic (exact) mass is 467 g/mol. The Hall–Kier alpha value is -4.04. The second-order valence-corrected chi connectivity index (χ2v) is 9.03. The minimum atomic E-state index is -0.592. The van der Waals surface area contributed by atoms with Crippen LogP contribution in [0.2, 0.25) is 0 Å². The molecule has 0 amide bonds. The van der Waals surface area contributed by atoms with Gasteiger partial charge >= 0.3 is 0 Å². The van der Waals surface area contributed by atoms with Gasteiger partial charge in [-0.3, -0.25) is 14.2 Å². The Morgan fingerprint density at radius 2 is 1.83 bits per heavy atom. The summed E-state index contributed by atoms with van der Waals surface area (Å²) in [5.41, 5.74) is 3.11. The summed E-state index contributed by atoms with van der Waals surface area (Å²) in [7, 11) is 0. The highest BCUT2D eigenvalue weighted by Gasteiger charge is 2.29. The Bertz CT molecular complexity index is 1460. The molecular formula is C27H25N5O3. The molecule has 1 aliphatic carbocycles. The van der Waals surface area contributed by atoms with Crippen molar-refractivity contribution in [2.24, 2.45) is 0 Å². The molecule has 2 unspecified atom stereocenters. The molecule has 1 aliphatic heterocycles. The van der Waals surface area contributed by atoms with Crippen molar-refractivity contribution in [3.63, 3.8) is 0 Å². The number of nitrogens with zero attached hydrogens (tertiary/aromatic N) is 3. The molecule has 2 N–H and O–H groups in total. The maximum Gasteiger partial charge on any atom is 0.252 e. The molecule has 35 heavy (non-hydrogen) atoms. The van der Waals surface area contributed by atoms with E-state index in [1.165, 1.54) is 10.6 Å². The third-order valence-corrected chi connectivity index (χ3v) is 6.67. The summed E-state index contributed by atoms with van der Waals surface area (Å²) < 4.78 is 7.50. The highest BCUT2D eigenvalue weighted by molar-refractivity contribution is 5.89. The lowest BCUT2D eigenvalue weighted by atomic mass is 9.87. The smallest absolute Gasteiger partial charge is 0.252 e. The standard InChI is InChI=1S/C27H25N5O3/c33-24-14-18-4-2-1-3-17(18)13-23(24)32-25(34)10-5-19-15-29-27(31-26(19)32)30-20-6-8-21(9-7-20)35-22-11-12-28-16-22/h1-10,15,22-23,28H,11-14,16H2,(H,29,30,31). The summed E-state index contributed by atoms with van der Waals surface area (Å²) >= 11 is 0. The predicted octanol–water partition coefficient (Wildman–Crippen LogP) is 3.18. The Labute approximate surface area is 202 Å². The van der Waals surface area contributed by atoms with Crippen molar-refractivity contribution in [2.45, 2.75) is 31.4 Å². The van der Waals surface area contributed by atoms with E-state index in [1.807, 2.05) is 48.5 Å². The van der Waals surface area contributed by atoms with E-state index in [1.54, 1.807) is 12.3 Å². The van der Waals surface area contributed by atoms with Gasteiger partial charge in [0, 0.05) is 42.7 Å². The number of carbonyl (C=O) groups is 1. The van der Waals surface area contributed by atoms with Gasteiger partial charge in [-0.05, 0) is 54.4 Å². The van der Waals surface area contributed by atoms with Crippen LogP contribution >= 0.6 is 0 Å². The first-order valence-corrected chi connectivity index (χ1v) is 11.9. The second kappa shape index (κ2) is 8.96. The van der Waals surface area contributed by atoms with Gasteiger partial charge in [0.1, 0.15) is 23.5 Å². The second-order valence-electron chi connectivity index (χ2n) is 9.03. The number of rotatable bonds is 5. The molecule has 3 heterocycles. The van der Waals surface area contributed by atoms with Crippen LogP contribution in [0.5, 0.6) is 5.75 Å². The minimum Gasteiger partial charge on any atom is -0.489 e. The molecule has 2 aromatic heterocycles. The Balaban J connectivity index is 1.29. The molecule has 0 spiro atoms. The number of fused-ring (bicyclic) bond motifs is 2. The van der Waals surface area contributed by atoms with Crippen molar-refractivity contribution in [3.8, 4) is 5.75 Å².